The number of hydrogen-bond acceptors (Lipinski definition) is 4. The van der Waals surface area contributed by atoms with Gasteiger partial charge in [-0.1, -0.05) is 24.3 Å². The van der Waals surface area contributed by atoms with Crippen LogP contribution in [0.25, 0.3) is 0 Å². The van der Waals surface area contributed by atoms with Crippen molar-refractivity contribution in [2.75, 3.05) is 14.2 Å². The maximum Gasteiger partial charge on any atom is 0.163 e. The van der Waals surface area contributed by atoms with Gasteiger partial charge in [-0.05, 0) is 12.1 Å². The molecule has 5 heteroatoms. The molecule has 0 spiro atoms. The van der Waals surface area contributed by atoms with Crippen molar-refractivity contribution in [2.24, 2.45) is 15.7 Å². The first kappa shape index (κ1) is 13.2. The number of methoxy groups -OCH3 is 2. The third-order valence-corrected chi connectivity index (χ3v) is 3.28. The van der Waals surface area contributed by atoms with Crippen LogP contribution in [0.1, 0.15) is 11.1 Å². The monoisotopic (exact) mass is 281 g/mol. The van der Waals surface area contributed by atoms with Crippen molar-refractivity contribution in [3.8, 4) is 11.5 Å². The molecule has 0 aromatic heterocycles. The number of nitrogens with zero attached hydrogens (tertiary/aromatic N) is 2. The van der Waals surface area contributed by atoms with Gasteiger partial charge in [-0.15, -0.1) is 0 Å². The molecule has 0 bridgehead atoms. The number of aliphatic imine (C=N–C) groups is 2. The Morgan fingerprint density at radius 1 is 1.00 bits per heavy atom. The van der Waals surface area contributed by atoms with E-state index in [9.17, 15) is 0 Å². The normalized spacial score (nSPS) is 14.8. The molecular weight excluding hydrogens is 266 g/mol. The fourth-order valence-electron chi connectivity index (χ4n) is 2.21. The lowest BCUT2D eigenvalue weighted by molar-refractivity contribution is 0.395. The van der Waals surface area contributed by atoms with E-state index >= 15 is 0 Å². The number of amidine groups is 2. The smallest absolute Gasteiger partial charge is 0.163 e. The average Bonchev–Trinajstić information content (AvgIpc) is 2.84. The molecule has 1 heterocycles. The molecule has 2 aromatic carbocycles. The first-order valence-corrected chi connectivity index (χ1v) is 6.47. The molecular formula is C16H15N3O2. The Hall–Kier alpha value is -2.82. The number of hydrogen-bond donors (Lipinski definition) is 1. The number of fused-ring (bicyclic) bond motifs is 1. The van der Waals surface area contributed by atoms with Gasteiger partial charge in [0.05, 0.1) is 14.2 Å². The zero-order chi connectivity index (χ0) is 14.8. The van der Waals surface area contributed by atoms with Crippen LogP contribution in [0.2, 0.25) is 0 Å². The Morgan fingerprint density at radius 3 is 2.48 bits per heavy atom. The largest absolute Gasteiger partial charge is 0.497 e. The van der Waals surface area contributed by atoms with Gasteiger partial charge in [-0.25, -0.2) is 9.98 Å². The van der Waals surface area contributed by atoms with E-state index in [2.05, 4.69) is 9.98 Å². The maximum atomic E-state index is 5.92. The number of nitrogens with two attached hydrogens (primary N) is 1. The predicted octanol–water partition coefficient (Wildman–Crippen LogP) is 2.50. The summed E-state index contributed by atoms with van der Waals surface area (Å²) < 4.78 is 10.5. The summed E-state index contributed by atoms with van der Waals surface area (Å²) in [6.07, 6.45) is 0. The fourth-order valence-corrected chi connectivity index (χ4v) is 2.21. The minimum atomic E-state index is 0.483. The Labute approximate surface area is 122 Å². The van der Waals surface area contributed by atoms with Crippen molar-refractivity contribution in [3.63, 3.8) is 0 Å². The molecule has 21 heavy (non-hydrogen) atoms. The van der Waals surface area contributed by atoms with Crippen molar-refractivity contribution in [1.29, 1.82) is 0 Å². The van der Waals surface area contributed by atoms with E-state index in [1.54, 1.807) is 20.3 Å². The van der Waals surface area contributed by atoms with Crippen molar-refractivity contribution in [1.82, 2.24) is 0 Å². The molecule has 1 aliphatic heterocycles. The minimum Gasteiger partial charge on any atom is -0.497 e. The van der Waals surface area contributed by atoms with E-state index in [1.165, 1.54) is 0 Å². The summed E-state index contributed by atoms with van der Waals surface area (Å²) in [5.74, 6) is 2.41. The van der Waals surface area contributed by atoms with Gasteiger partial charge in [0.2, 0.25) is 0 Å². The molecule has 1 aliphatic rings. The van der Waals surface area contributed by atoms with Gasteiger partial charge in [0.15, 0.2) is 5.84 Å². The summed E-state index contributed by atoms with van der Waals surface area (Å²) in [6, 6.07) is 13.2. The van der Waals surface area contributed by atoms with E-state index in [4.69, 9.17) is 15.2 Å². The van der Waals surface area contributed by atoms with E-state index in [-0.39, 0.29) is 0 Å². The summed E-state index contributed by atoms with van der Waals surface area (Å²) in [5, 5.41) is 0. The maximum absolute atomic E-state index is 5.92. The minimum absolute atomic E-state index is 0.483. The highest BCUT2D eigenvalue weighted by atomic mass is 16.5. The summed E-state index contributed by atoms with van der Waals surface area (Å²) >= 11 is 0. The van der Waals surface area contributed by atoms with Crippen LogP contribution >= 0.6 is 0 Å². The topological polar surface area (TPSA) is 69.2 Å². The molecule has 0 radical (unpaired) electrons. The quantitative estimate of drug-likeness (QED) is 0.939. The molecule has 2 aromatic rings. The van der Waals surface area contributed by atoms with E-state index in [0.717, 1.165) is 11.1 Å². The van der Waals surface area contributed by atoms with Crippen LogP contribution in [0.15, 0.2) is 52.4 Å². The molecule has 3 rings (SSSR count). The predicted molar refractivity (Wildman–Crippen MR) is 82.9 cm³/mol. The molecule has 0 saturated heterocycles. The average molecular weight is 281 g/mol. The molecule has 0 saturated carbocycles. The fraction of sp³-hybridized carbons (Fsp3) is 0.125. The number of rotatable bonds is 3. The van der Waals surface area contributed by atoms with Crippen LogP contribution in [0, 0.1) is 0 Å². The van der Waals surface area contributed by atoms with Gasteiger partial charge in [0.25, 0.3) is 0 Å². The summed E-state index contributed by atoms with van der Waals surface area (Å²) in [4.78, 5) is 8.89. The lowest BCUT2D eigenvalue weighted by Crippen LogP contribution is -2.09. The highest BCUT2D eigenvalue weighted by Gasteiger charge is 2.19. The Kier molecular flexibility index (Phi) is 3.31. The lowest BCUT2D eigenvalue weighted by atomic mass is 10.1. The van der Waals surface area contributed by atoms with Crippen molar-refractivity contribution in [2.45, 2.75) is 0 Å². The third-order valence-electron chi connectivity index (χ3n) is 3.28. The highest BCUT2D eigenvalue weighted by molar-refractivity contribution is 6.22. The second kappa shape index (κ2) is 5.28. The molecule has 0 amide bonds. The van der Waals surface area contributed by atoms with E-state index in [1.807, 2.05) is 36.4 Å². The van der Waals surface area contributed by atoms with Crippen LogP contribution < -0.4 is 15.2 Å². The molecule has 2 N–H and O–H groups in total. The summed E-state index contributed by atoms with van der Waals surface area (Å²) in [5.41, 5.74) is 8.44. The number of ether oxygens (including phenoxy) is 2. The first-order chi connectivity index (χ1) is 10.2. The Morgan fingerprint density at radius 2 is 1.76 bits per heavy atom. The number of benzene rings is 2. The molecule has 0 aliphatic carbocycles. The summed E-state index contributed by atoms with van der Waals surface area (Å²) in [6.45, 7) is 0. The molecule has 0 unspecified atom stereocenters. The zero-order valence-corrected chi connectivity index (χ0v) is 11.8. The van der Waals surface area contributed by atoms with Crippen molar-refractivity contribution >= 4 is 17.4 Å². The summed E-state index contributed by atoms with van der Waals surface area (Å²) in [7, 11) is 3.21. The Balaban J connectivity index is 2.08. The molecule has 106 valence electrons. The van der Waals surface area contributed by atoms with Crippen LogP contribution in [-0.2, 0) is 0 Å². The Bertz CT molecular complexity index is 751. The van der Waals surface area contributed by atoms with Gasteiger partial charge >= 0.3 is 0 Å². The first-order valence-electron chi connectivity index (χ1n) is 6.47. The van der Waals surface area contributed by atoms with Crippen LogP contribution in [0.5, 0.6) is 11.5 Å². The van der Waals surface area contributed by atoms with Crippen LogP contribution in [-0.4, -0.2) is 25.9 Å². The van der Waals surface area contributed by atoms with E-state index < -0.39 is 0 Å². The van der Waals surface area contributed by atoms with Gasteiger partial charge in [-0.3, -0.25) is 0 Å². The third kappa shape index (κ3) is 2.33. The standard InChI is InChI=1S/C16H15N3O2/c1-20-10-7-8-13(14(9-10)21-2)18-16-12-6-4-3-5-11(12)15(17)19-16/h3-9H,1-2H3,(H2,17,18,19). The van der Waals surface area contributed by atoms with Gasteiger partial charge in [0, 0.05) is 17.2 Å². The molecule has 5 nitrogen and oxygen atoms in total. The highest BCUT2D eigenvalue weighted by Crippen LogP contribution is 2.33. The zero-order valence-electron chi connectivity index (χ0n) is 11.8. The second-order valence-corrected chi connectivity index (χ2v) is 4.52. The lowest BCUT2D eigenvalue weighted by Gasteiger charge is -2.07. The van der Waals surface area contributed by atoms with Gasteiger partial charge < -0.3 is 15.2 Å². The van der Waals surface area contributed by atoms with Crippen LogP contribution in [0.4, 0.5) is 5.69 Å². The van der Waals surface area contributed by atoms with Gasteiger partial charge in [0.1, 0.15) is 23.0 Å². The SMILES string of the molecule is COc1ccc(N=C2N=C(N)c3ccccc32)c(OC)c1. The molecule has 0 fully saturated rings. The second-order valence-electron chi connectivity index (χ2n) is 4.52. The molecule has 0 atom stereocenters. The van der Waals surface area contributed by atoms with Gasteiger partial charge in [-0.2, -0.15) is 0 Å². The van der Waals surface area contributed by atoms with Crippen molar-refractivity contribution in [3.05, 3.63) is 53.6 Å². The van der Waals surface area contributed by atoms with Crippen LogP contribution in [0.3, 0.4) is 0 Å². The van der Waals surface area contributed by atoms with Crippen molar-refractivity contribution < 1.29 is 9.47 Å². The van der Waals surface area contributed by atoms with E-state index in [0.29, 0.717) is 28.9 Å².